The molecular formula is C15H22N2O3S. The van der Waals surface area contributed by atoms with Crippen LogP contribution in [-0.2, 0) is 4.79 Å². The van der Waals surface area contributed by atoms with Crippen LogP contribution in [0.15, 0.2) is 17.5 Å². The van der Waals surface area contributed by atoms with E-state index in [-0.39, 0.29) is 24.0 Å². The van der Waals surface area contributed by atoms with Crippen LogP contribution in [0, 0.1) is 5.92 Å². The van der Waals surface area contributed by atoms with Gasteiger partial charge in [0, 0.05) is 18.0 Å². The van der Waals surface area contributed by atoms with Crippen molar-refractivity contribution in [1.29, 1.82) is 0 Å². The normalized spacial score (nSPS) is 23.3. The average molecular weight is 310 g/mol. The number of carbonyl (C=O) groups excluding carboxylic acids is 1. The summed E-state index contributed by atoms with van der Waals surface area (Å²) >= 11 is 1.63. The van der Waals surface area contributed by atoms with Crippen LogP contribution in [0.2, 0.25) is 0 Å². The van der Waals surface area contributed by atoms with Crippen molar-refractivity contribution < 1.29 is 14.7 Å². The number of carbonyl (C=O) groups is 2. The zero-order chi connectivity index (χ0) is 15.4. The van der Waals surface area contributed by atoms with Gasteiger partial charge in [-0.25, -0.2) is 4.79 Å². The minimum Gasteiger partial charge on any atom is -0.481 e. The Kier molecular flexibility index (Phi) is 5.22. The Morgan fingerprint density at radius 1 is 1.48 bits per heavy atom. The van der Waals surface area contributed by atoms with Crippen LogP contribution in [0.4, 0.5) is 4.79 Å². The molecule has 1 heterocycles. The van der Waals surface area contributed by atoms with E-state index in [2.05, 4.69) is 5.32 Å². The van der Waals surface area contributed by atoms with Crippen molar-refractivity contribution in [3.63, 3.8) is 0 Å². The predicted octanol–water partition coefficient (Wildman–Crippen LogP) is 3.09. The topological polar surface area (TPSA) is 69.6 Å². The number of urea groups is 1. The Hall–Kier alpha value is -1.56. The summed E-state index contributed by atoms with van der Waals surface area (Å²) in [7, 11) is 1.78. The van der Waals surface area contributed by atoms with Gasteiger partial charge in [-0.3, -0.25) is 4.79 Å². The van der Waals surface area contributed by atoms with Gasteiger partial charge in [0.25, 0.3) is 0 Å². The zero-order valence-corrected chi connectivity index (χ0v) is 13.2. The van der Waals surface area contributed by atoms with Gasteiger partial charge in [-0.1, -0.05) is 12.5 Å². The lowest BCUT2D eigenvalue weighted by Gasteiger charge is -2.31. The van der Waals surface area contributed by atoms with Crippen molar-refractivity contribution in [2.24, 2.45) is 5.92 Å². The largest absolute Gasteiger partial charge is 0.481 e. The molecule has 0 bridgehead atoms. The Bertz CT molecular complexity index is 489. The van der Waals surface area contributed by atoms with Crippen molar-refractivity contribution in [2.75, 3.05) is 7.05 Å². The third-order valence-electron chi connectivity index (χ3n) is 4.21. The molecule has 0 aliphatic heterocycles. The lowest BCUT2D eigenvalue weighted by molar-refractivity contribution is -0.143. The number of nitrogens with zero attached hydrogens (tertiary/aromatic N) is 1. The number of hydrogen-bond donors (Lipinski definition) is 2. The molecule has 5 nitrogen and oxygen atoms in total. The summed E-state index contributed by atoms with van der Waals surface area (Å²) in [6.07, 6.45) is 2.95. The monoisotopic (exact) mass is 310 g/mol. The molecule has 0 spiro atoms. The molecule has 0 saturated heterocycles. The first-order valence-electron chi connectivity index (χ1n) is 7.28. The molecule has 1 saturated carbocycles. The molecule has 0 radical (unpaired) electrons. The molecular weight excluding hydrogens is 288 g/mol. The highest BCUT2D eigenvalue weighted by Gasteiger charge is 2.29. The maximum absolute atomic E-state index is 12.3. The van der Waals surface area contributed by atoms with Gasteiger partial charge in [0.1, 0.15) is 0 Å². The van der Waals surface area contributed by atoms with E-state index in [0.717, 1.165) is 17.7 Å². The zero-order valence-electron chi connectivity index (χ0n) is 12.4. The molecule has 3 atom stereocenters. The Morgan fingerprint density at radius 2 is 2.24 bits per heavy atom. The lowest BCUT2D eigenvalue weighted by Crippen LogP contribution is -2.46. The van der Waals surface area contributed by atoms with Crippen LogP contribution >= 0.6 is 11.3 Å². The first-order chi connectivity index (χ1) is 9.99. The minimum atomic E-state index is -0.755. The average Bonchev–Trinajstić information content (AvgIpc) is 3.00. The Labute approximate surface area is 129 Å². The maximum atomic E-state index is 12.3. The first-order valence-corrected chi connectivity index (χ1v) is 8.16. The number of hydrogen-bond acceptors (Lipinski definition) is 3. The van der Waals surface area contributed by atoms with Crippen molar-refractivity contribution in [1.82, 2.24) is 10.2 Å². The van der Waals surface area contributed by atoms with E-state index in [1.165, 1.54) is 0 Å². The quantitative estimate of drug-likeness (QED) is 0.898. The van der Waals surface area contributed by atoms with Crippen molar-refractivity contribution in [3.05, 3.63) is 22.4 Å². The second kappa shape index (κ2) is 6.93. The molecule has 1 aromatic rings. The minimum absolute atomic E-state index is 0.0175. The molecule has 2 N–H and O–H groups in total. The highest BCUT2D eigenvalue weighted by molar-refractivity contribution is 7.10. The fourth-order valence-electron chi connectivity index (χ4n) is 2.72. The lowest BCUT2D eigenvalue weighted by atomic mass is 9.86. The Balaban J connectivity index is 1.90. The molecule has 3 unspecified atom stereocenters. The van der Waals surface area contributed by atoms with E-state index in [9.17, 15) is 9.59 Å². The molecule has 1 aromatic heterocycles. The van der Waals surface area contributed by atoms with Crippen LogP contribution in [0.1, 0.15) is 43.5 Å². The van der Waals surface area contributed by atoms with Gasteiger partial charge in [-0.2, -0.15) is 0 Å². The van der Waals surface area contributed by atoms with Gasteiger partial charge in [0.2, 0.25) is 0 Å². The summed E-state index contributed by atoms with van der Waals surface area (Å²) in [5, 5.41) is 14.1. The fraction of sp³-hybridized carbons (Fsp3) is 0.600. The maximum Gasteiger partial charge on any atom is 0.317 e. The van der Waals surface area contributed by atoms with E-state index in [0.29, 0.717) is 12.8 Å². The smallest absolute Gasteiger partial charge is 0.317 e. The molecule has 1 aliphatic carbocycles. The summed E-state index contributed by atoms with van der Waals surface area (Å²) in [6, 6.07) is 3.84. The number of carboxylic acid groups (broad SMARTS) is 1. The summed E-state index contributed by atoms with van der Waals surface area (Å²) in [5.74, 6) is -1.08. The third kappa shape index (κ3) is 3.97. The van der Waals surface area contributed by atoms with Crippen molar-refractivity contribution in [3.8, 4) is 0 Å². The summed E-state index contributed by atoms with van der Waals surface area (Å²) in [6.45, 7) is 1.99. The number of rotatable bonds is 4. The predicted molar refractivity (Wildman–Crippen MR) is 82.4 cm³/mol. The molecule has 2 rings (SSSR count). The number of thiophene rings is 1. The van der Waals surface area contributed by atoms with Crippen LogP contribution in [0.25, 0.3) is 0 Å². The van der Waals surface area contributed by atoms with E-state index < -0.39 is 5.97 Å². The number of aliphatic carboxylic acids is 1. The molecule has 1 aliphatic rings. The second-order valence-corrected chi connectivity index (χ2v) is 6.63. The standard InChI is InChI=1S/C15H22N2O3S/c1-10(13-7-4-8-21-13)17(2)15(20)16-12-6-3-5-11(9-12)14(18)19/h4,7-8,10-12H,3,5-6,9H2,1-2H3,(H,16,20)(H,18,19). The molecule has 21 heavy (non-hydrogen) atoms. The van der Waals surface area contributed by atoms with Crippen LogP contribution in [0.3, 0.4) is 0 Å². The SMILES string of the molecule is CC(c1cccs1)N(C)C(=O)NC1CCCC(C(=O)O)C1. The van der Waals surface area contributed by atoms with Crippen LogP contribution < -0.4 is 5.32 Å². The molecule has 2 amide bonds. The van der Waals surface area contributed by atoms with E-state index in [1.54, 1.807) is 23.3 Å². The molecule has 6 heteroatoms. The van der Waals surface area contributed by atoms with Gasteiger partial charge < -0.3 is 15.3 Å². The summed E-state index contributed by atoms with van der Waals surface area (Å²) < 4.78 is 0. The van der Waals surface area contributed by atoms with Gasteiger partial charge in [0.05, 0.1) is 12.0 Å². The van der Waals surface area contributed by atoms with Gasteiger partial charge >= 0.3 is 12.0 Å². The van der Waals surface area contributed by atoms with E-state index in [4.69, 9.17) is 5.11 Å². The summed E-state index contributed by atoms with van der Waals surface area (Å²) in [5.41, 5.74) is 0. The fourth-order valence-corrected chi connectivity index (χ4v) is 3.54. The van der Waals surface area contributed by atoms with Gasteiger partial charge in [0.15, 0.2) is 0 Å². The highest BCUT2D eigenvalue weighted by atomic mass is 32.1. The number of nitrogens with one attached hydrogen (secondary N) is 1. The van der Waals surface area contributed by atoms with Crippen molar-refractivity contribution in [2.45, 2.75) is 44.7 Å². The summed E-state index contributed by atoms with van der Waals surface area (Å²) in [4.78, 5) is 26.2. The molecule has 0 aromatic carbocycles. The van der Waals surface area contributed by atoms with Crippen LogP contribution in [-0.4, -0.2) is 35.1 Å². The van der Waals surface area contributed by atoms with Crippen molar-refractivity contribution >= 4 is 23.3 Å². The molecule has 1 fully saturated rings. The Morgan fingerprint density at radius 3 is 2.86 bits per heavy atom. The van der Waals surface area contributed by atoms with E-state index in [1.807, 2.05) is 24.4 Å². The van der Waals surface area contributed by atoms with Gasteiger partial charge in [-0.05, 0) is 37.6 Å². The number of carboxylic acids is 1. The van der Waals surface area contributed by atoms with Crippen LogP contribution in [0.5, 0.6) is 0 Å². The highest BCUT2D eigenvalue weighted by Crippen LogP contribution is 2.26. The van der Waals surface area contributed by atoms with E-state index >= 15 is 0 Å². The second-order valence-electron chi connectivity index (χ2n) is 5.65. The number of amides is 2. The van der Waals surface area contributed by atoms with Gasteiger partial charge in [-0.15, -0.1) is 11.3 Å². The molecule has 116 valence electrons. The first kappa shape index (κ1) is 15.8. The third-order valence-corrected chi connectivity index (χ3v) is 5.25.